The number of hydrogen-bond acceptors (Lipinski definition) is 4. The molecule has 158 valence electrons. The summed E-state index contributed by atoms with van der Waals surface area (Å²) in [6.45, 7) is 7.77. The lowest BCUT2D eigenvalue weighted by atomic mass is 9.96. The van der Waals surface area contributed by atoms with Crippen LogP contribution in [0.25, 0.3) is 11.1 Å². The van der Waals surface area contributed by atoms with Gasteiger partial charge in [0.25, 0.3) is 0 Å². The van der Waals surface area contributed by atoms with E-state index in [4.69, 9.17) is 4.74 Å². The van der Waals surface area contributed by atoms with Crippen LogP contribution in [0.15, 0.2) is 60.7 Å². The first-order chi connectivity index (χ1) is 14.5. The molecule has 3 N–H and O–H groups in total. The van der Waals surface area contributed by atoms with E-state index in [1.165, 1.54) is 27.8 Å². The van der Waals surface area contributed by atoms with Gasteiger partial charge < -0.3 is 20.5 Å². The second kappa shape index (κ2) is 10.3. The number of rotatable bonds is 9. The number of aliphatic hydroxyl groups is 1. The van der Waals surface area contributed by atoms with Gasteiger partial charge in [0.15, 0.2) is 0 Å². The van der Waals surface area contributed by atoms with Gasteiger partial charge in [0, 0.05) is 36.4 Å². The molecule has 0 spiro atoms. The molecular weight excluding hydrogens is 372 g/mol. The van der Waals surface area contributed by atoms with Crippen molar-refractivity contribution < 1.29 is 9.84 Å². The van der Waals surface area contributed by atoms with Crippen molar-refractivity contribution in [1.29, 1.82) is 0 Å². The van der Waals surface area contributed by atoms with Gasteiger partial charge in [-0.15, -0.1) is 0 Å². The number of anilines is 1. The lowest BCUT2D eigenvalue weighted by Crippen LogP contribution is -2.28. The highest BCUT2D eigenvalue weighted by atomic mass is 16.5. The van der Waals surface area contributed by atoms with Gasteiger partial charge in [-0.1, -0.05) is 48.5 Å². The van der Waals surface area contributed by atoms with Crippen LogP contribution in [-0.4, -0.2) is 24.9 Å². The van der Waals surface area contributed by atoms with Gasteiger partial charge in [0.2, 0.25) is 0 Å². The van der Waals surface area contributed by atoms with Crippen LogP contribution in [0.2, 0.25) is 0 Å². The number of nitrogens with one attached hydrogen (secondary N) is 2. The molecule has 0 saturated carbocycles. The average molecular weight is 405 g/mol. The molecule has 0 aliphatic carbocycles. The molecule has 0 saturated heterocycles. The van der Waals surface area contributed by atoms with Crippen LogP contribution in [0.1, 0.15) is 29.2 Å². The van der Waals surface area contributed by atoms with Crippen molar-refractivity contribution in [2.24, 2.45) is 0 Å². The SMILES string of the molecule is COc1cc(NCc2cccc(-c3ccccc3)c2C)c(C)cc1CNC(C)CO. The zero-order valence-electron chi connectivity index (χ0n) is 18.3. The molecule has 0 fully saturated rings. The molecule has 4 nitrogen and oxygen atoms in total. The minimum Gasteiger partial charge on any atom is -0.496 e. The van der Waals surface area contributed by atoms with Gasteiger partial charge in [-0.25, -0.2) is 0 Å². The quantitative estimate of drug-likeness (QED) is 0.466. The highest BCUT2D eigenvalue weighted by molar-refractivity contribution is 5.68. The molecule has 0 bridgehead atoms. The largest absolute Gasteiger partial charge is 0.496 e. The van der Waals surface area contributed by atoms with Gasteiger partial charge in [0.05, 0.1) is 13.7 Å². The van der Waals surface area contributed by atoms with E-state index in [1.807, 2.05) is 13.0 Å². The maximum atomic E-state index is 9.23. The fourth-order valence-corrected chi connectivity index (χ4v) is 3.61. The number of aliphatic hydroxyl groups excluding tert-OH is 1. The summed E-state index contributed by atoms with van der Waals surface area (Å²) in [5.74, 6) is 0.843. The molecule has 0 aliphatic heterocycles. The van der Waals surface area contributed by atoms with Crippen molar-refractivity contribution in [3.63, 3.8) is 0 Å². The highest BCUT2D eigenvalue weighted by Gasteiger charge is 2.11. The van der Waals surface area contributed by atoms with Crippen LogP contribution in [0.3, 0.4) is 0 Å². The molecule has 3 aromatic rings. The minimum atomic E-state index is 0.0488. The second-order valence-electron chi connectivity index (χ2n) is 7.75. The highest BCUT2D eigenvalue weighted by Crippen LogP contribution is 2.29. The van der Waals surface area contributed by atoms with Crippen molar-refractivity contribution >= 4 is 5.69 Å². The maximum absolute atomic E-state index is 9.23. The summed E-state index contributed by atoms with van der Waals surface area (Å²) in [6.07, 6.45) is 0. The molecular formula is C26H32N2O2. The standard InChI is InChI=1S/C26H32N2O2/c1-18-13-23(16-27-19(2)17-29)26(30-4)14-25(18)28-15-22-11-8-12-24(20(22)3)21-9-6-5-7-10-21/h5-14,19,27-29H,15-17H2,1-4H3. The third-order valence-corrected chi connectivity index (χ3v) is 5.54. The third kappa shape index (κ3) is 5.21. The zero-order valence-corrected chi connectivity index (χ0v) is 18.3. The van der Waals surface area contributed by atoms with Gasteiger partial charge in [-0.3, -0.25) is 0 Å². The molecule has 0 amide bonds. The Balaban J connectivity index is 1.77. The summed E-state index contributed by atoms with van der Waals surface area (Å²) in [7, 11) is 1.70. The van der Waals surface area contributed by atoms with Gasteiger partial charge in [-0.05, 0) is 54.7 Å². The third-order valence-electron chi connectivity index (χ3n) is 5.54. The Bertz CT molecular complexity index is 970. The van der Waals surface area contributed by atoms with Gasteiger partial charge in [-0.2, -0.15) is 0 Å². The van der Waals surface area contributed by atoms with E-state index in [1.54, 1.807) is 7.11 Å². The van der Waals surface area contributed by atoms with Gasteiger partial charge in [0.1, 0.15) is 5.75 Å². The maximum Gasteiger partial charge on any atom is 0.125 e. The molecule has 4 heteroatoms. The van der Waals surface area contributed by atoms with Gasteiger partial charge >= 0.3 is 0 Å². The number of hydrogen-bond donors (Lipinski definition) is 3. The predicted octanol–water partition coefficient (Wildman–Crippen LogP) is 5.06. The summed E-state index contributed by atoms with van der Waals surface area (Å²) >= 11 is 0. The second-order valence-corrected chi connectivity index (χ2v) is 7.75. The average Bonchev–Trinajstić information content (AvgIpc) is 2.78. The fraction of sp³-hybridized carbons (Fsp3) is 0.308. The lowest BCUT2D eigenvalue weighted by molar-refractivity contribution is 0.250. The van der Waals surface area contributed by atoms with E-state index >= 15 is 0 Å². The van der Waals surface area contributed by atoms with Crippen LogP contribution < -0.4 is 15.4 Å². The Morgan fingerprint density at radius 3 is 2.40 bits per heavy atom. The van der Waals surface area contributed by atoms with Crippen LogP contribution in [0, 0.1) is 13.8 Å². The van der Waals surface area contributed by atoms with Crippen molar-refractivity contribution in [3.8, 4) is 16.9 Å². The Morgan fingerprint density at radius 1 is 0.933 bits per heavy atom. The summed E-state index contributed by atoms with van der Waals surface area (Å²) in [5, 5.41) is 16.1. The molecule has 3 rings (SSSR count). The number of ether oxygens (including phenoxy) is 1. The van der Waals surface area contributed by atoms with E-state index in [2.05, 4.69) is 79.1 Å². The van der Waals surface area contributed by atoms with Crippen molar-refractivity contribution in [2.45, 2.75) is 39.9 Å². The van der Waals surface area contributed by atoms with Crippen molar-refractivity contribution in [2.75, 3.05) is 19.0 Å². The van der Waals surface area contributed by atoms with E-state index in [-0.39, 0.29) is 12.6 Å². The van der Waals surface area contributed by atoms with Crippen molar-refractivity contribution in [3.05, 3.63) is 82.9 Å². The fourth-order valence-electron chi connectivity index (χ4n) is 3.61. The number of aryl methyl sites for hydroxylation is 1. The first-order valence-electron chi connectivity index (χ1n) is 10.4. The molecule has 0 aliphatic rings. The number of methoxy groups -OCH3 is 1. The Kier molecular flexibility index (Phi) is 7.50. The summed E-state index contributed by atoms with van der Waals surface area (Å²) in [4.78, 5) is 0. The first-order valence-corrected chi connectivity index (χ1v) is 10.4. The normalized spacial score (nSPS) is 11.9. The molecule has 0 aromatic heterocycles. The molecule has 1 unspecified atom stereocenters. The van der Waals surface area contributed by atoms with Crippen LogP contribution in [-0.2, 0) is 13.1 Å². The molecule has 1 atom stereocenters. The van der Waals surface area contributed by atoms with E-state index in [0.717, 1.165) is 23.5 Å². The lowest BCUT2D eigenvalue weighted by Gasteiger charge is -2.18. The molecule has 0 heterocycles. The zero-order chi connectivity index (χ0) is 21.5. The Morgan fingerprint density at radius 2 is 1.70 bits per heavy atom. The number of benzene rings is 3. The predicted molar refractivity (Wildman–Crippen MR) is 125 cm³/mol. The minimum absolute atomic E-state index is 0.0488. The van der Waals surface area contributed by atoms with Crippen LogP contribution in [0.4, 0.5) is 5.69 Å². The molecule has 3 aromatic carbocycles. The van der Waals surface area contributed by atoms with Crippen LogP contribution >= 0.6 is 0 Å². The molecule has 0 radical (unpaired) electrons. The Hall–Kier alpha value is -2.82. The Labute approximate surface area is 179 Å². The van der Waals surface area contributed by atoms with E-state index in [0.29, 0.717) is 6.54 Å². The van der Waals surface area contributed by atoms with Crippen LogP contribution in [0.5, 0.6) is 5.75 Å². The van der Waals surface area contributed by atoms with E-state index < -0.39 is 0 Å². The van der Waals surface area contributed by atoms with E-state index in [9.17, 15) is 5.11 Å². The topological polar surface area (TPSA) is 53.5 Å². The summed E-state index contributed by atoms with van der Waals surface area (Å²) in [6, 6.07) is 21.2. The monoisotopic (exact) mass is 404 g/mol. The smallest absolute Gasteiger partial charge is 0.125 e. The summed E-state index contributed by atoms with van der Waals surface area (Å²) < 4.78 is 5.62. The summed E-state index contributed by atoms with van der Waals surface area (Å²) in [5.41, 5.74) is 8.39. The van der Waals surface area contributed by atoms with Crippen molar-refractivity contribution in [1.82, 2.24) is 5.32 Å². The first kappa shape index (κ1) is 21.9. The molecule has 30 heavy (non-hydrogen) atoms.